The van der Waals surface area contributed by atoms with Crippen LogP contribution in [0.1, 0.15) is 177 Å². The molecule has 58 heavy (non-hydrogen) atoms. The fraction of sp³-hybridized carbons (Fsp3) is 0.708. The van der Waals surface area contributed by atoms with Gasteiger partial charge in [0.15, 0.2) is 0 Å². The van der Waals surface area contributed by atoms with Gasteiger partial charge < -0.3 is 28.4 Å². The Morgan fingerprint density at radius 1 is 0.483 bits per heavy atom. The third-order valence-electron chi connectivity index (χ3n) is 11.3. The van der Waals surface area contributed by atoms with Crippen LogP contribution in [0.25, 0.3) is 0 Å². The van der Waals surface area contributed by atoms with Crippen molar-refractivity contribution in [1.29, 1.82) is 0 Å². The van der Waals surface area contributed by atoms with Crippen LogP contribution in [-0.4, -0.2) is 68.6 Å². The summed E-state index contributed by atoms with van der Waals surface area (Å²) < 4.78 is 33.8. The summed E-state index contributed by atoms with van der Waals surface area (Å²) in [5, 5.41) is 0. The van der Waals surface area contributed by atoms with E-state index >= 15 is 0 Å². The van der Waals surface area contributed by atoms with Crippen molar-refractivity contribution in [3.05, 3.63) is 55.1 Å². The van der Waals surface area contributed by atoms with Gasteiger partial charge >= 0.3 is 23.9 Å². The highest BCUT2D eigenvalue weighted by atomic mass is 16.6. The summed E-state index contributed by atoms with van der Waals surface area (Å²) in [6.45, 7) is 9.22. The van der Waals surface area contributed by atoms with Gasteiger partial charge in [0.05, 0.1) is 37.4 Å². The Kier molecular flexibility index (Phi) is 26.3. The largest absolute Gasteiger partial charge is 0.494 e. The first-order valence-electron chi connectivity index (χ1n) is 22.7. The molecule has 2 aliphatic carbocycles. The molecule has 1 aromatic carbocycles. The molecule has 0 unspecified atom stereocenters. The Labute approximate surface area is 349 Å². The summed E-state index contributed by atoms with van der Waals surface area (Å²) in [5.74, 6) is -0.506. The van der Waals surface area contributed by atoms with Gasteiger partial charge in [-0.1, -0.05) is 103 Å². The van der Waals surface area contributed by atoms with E-state index in [0.717, 1.165) is 83.0 Å². The van der Waals surface area contributed by atoms with Gasteiger partial charge in [0, 0.05) is 18.8 Å². The number of carbonyl (C=O) groups is 4. The lowest BCUT2D eigenvalue weighted by molar-refractivity contribution is -0.159. The number of hydrogen-bond acceptors (Lipinski definition) is 10. The molecule has 3 rings (SSSR count). The van der Waals surface area contributed by atoms with Crippen LogP contribution < -0.4 is 4.74 Å². The Hall–Kier alpha value is -3.66. The second kappa shape index (κ2) is 31.3. The van der Waals surface area contributed by atoms with Crippen molar-refractivity contribution in [1.82, 2.24) is 0 Å². The summed E-state index contributed by atoms with van der Waals surface area (Å²) in [4.78, 5) is 47.9. The molecule has 10 nitrogen and oxygen atoms in total. The van der Waals surface area contributed by atoms with Crippen LogP contribution in [0.3, 0.4) is 0 Å². The van der Waals surface area contributed by atoms with Crippen molar-refractivity contribution in [2.24, 2.45) is 5.92 Å². The molecule has 0 saturated heterocycles. The van der Waals surface area contributed by atoms with E-state index in [2.05, 4.69) is 13.2 Å². The minimum Gasteiger partial charge on any atom is -0.494 e. The highest BCUT2D eigenvalue weighted by molar-refractivity contribution is 5.89. The Bertz CT molecular complexity index is 1290. The van der Waals surface area contributed by atoms with Crippen molar-refractivity contribution in [3.8, 4) is 5.75 Å². The molecule has 326 valence electrons. The van der Waals surface area contributed by atoms with Crippen LogP contribution in [0.5, 0.6) is 5.75 Å². The Balaban J connectivity index is 1.12. The summed E-state index contributed by atoms with van der Waals surface area (Å²) >= 11 is 0. The highest BCUT2D eigenvalue weighted by Gasteiger charge is 2.32. The van der Waals surface area contributed by atoms with Crippen molar-refractivity contribution < 1.29 is 47.6 Å². The molecule has 0 atom stereocenters. The van der Waals surface area contributed by atoms with Crippen LogP contribution in [0.4, 0.5) is 0 Å². The van der Waals surface area contributed by atoms with E-state index in [1.165, 1.54) is 82.8 Å². The molecule has 0 heterocycles. The monoisotopic (exact) mass is 811 g/mol. The van der Waals surface area contributed by atoms with Gasteiger partial charge in [0.2, 0.25) is 0 Å². The van der Waals surface area contributed by atoms with Crippen molar-refractivity contribution in [2.75, 3.05) is 26.4 Å². The topological polar surface area (TPSA) is 124 Å². The van der Waals surface area contributed by atoms with Crippen molar-refractivity contribution in [2.45, 2.75) is 185 Å². The molecular formula is C48H74O10. The van der Waals surface area contributed by atoms with E-state index in [1.807, 2.05) is 12.1 Å². The number of carbonyl (C=O) groups excluding carboxylic acids is 4. The maximum atomic E-state index is 13.0. The van der Waals surface area contributed by atoms with Gasteiger partial charge in [-0.2, -0.15) is 0 Å². The summed E-state index contributed by atoms with van der Waals surface area (Å²) in [6, 6.07) is 7.16. The Morgan fingerprint density at radius 2 is 0.879 bits per heavy atom. The molecule has 0 bridgehead atoms. The van der Waals surface area contributed by atoms with Crippen LogP contribution >= 0.6 is 0 Å². The van der Waals surface area contributed by atoms with E-state index in [1.54, 1.807) is 12.1 Å². The molecule has 0 N–H and O–H groups in total. The first-order chi connectivity index (χ1) is 28.4. The molecule has 2 aliphatic rings. The van der Waals surface area contributed by atoms with Gasteiger partial charge in [0.1, 0.15) is 18.0 Å². The van der Waals surface area contributed by atoms with E-state index in [9.17, 15) is 19.2 Å². The first kappa shape index (κ1) is 48.7. The lowest BCUT2D eigenvalue weighted by atomic mass is 9.87. The lowest BCUT2D eigenvalue weighted by Gasteiger charge is -2.31. The minimum absolute atomic E-state index is 0.0295. The van der Waals surface area contributed by atoms with E-state index in [4.69, 9.17) is 28.4 Å². The summed E-state index contributed by atoms with van der Waals surface area (Å²) in [5.41, 5.74) is 0.507. The molecule has 10 heteroatoms. The van der Waals surface area contributed by atoms with E-state index < -0.39 is 0 Å². The van der Waals surface area contributed by atoms with Crippen LogP contribution in [0.15, 0.2) is 49.6 Å². The summed E-state index contributed by atoms with van der Waals surface area (Å²) in [7, 11) is 0. The second-order valence-electron chi connectivity index (χ2n) is 16.1. The van der Waals surface area contributed by atoms with Gasteiger partial charge in [-0.25, -0.2) is 14.4 Å². The van der Waals surface area contributed by atoms with Crippen molar-refractivity contribution >= 4 is 23.9 Å². The molecule has 0 aromatic heterocycles. The number of hydrogen-bond donors (Lipinski definition) is 0. The number of benzene rings is 1. The predicted octanol–water partition coefficient (Wildman–Crippen LogP) is 11.1. The van der Waals surface area contributed by atoms with Gasteiger partial charge in [-0.3, -0.25) is 4.79 Å². The maximum Gasteiger partial charge on any atom is 0.338 e. The fourth-order valence-electron chi connectivity index (χ4n) is 7.69. The zero-order valence-electron chi connectivity index (χ0n) is 35.5. The molecule has 0 amide bonds. The maximum absolute atomic E-state index is 13.0. The zero-order valence-corrected chi connectivity index (χ0v) is 35.5. The number of rotatable bonds is 32. The van der Waals surface area contributed by atoms with Gasteiger partial charge in [-0.05, 0) is 101 Å². The van der Waals surface area contributed by atoms with E-state index in [-0.39, 0.29) is 48.1 Å². The number of unbranched alkanes of at least 4 members (excludes halogenated alkanes) is 16. The zero-order chi connectivity index (χ0) is 41.5. The van der Waals surface area contributed by atoms with Crippen molar-refractivity contribution in [3.63, 3.8) is 0 Å². The quantitative estimate of drug-likeness (QED) is 0.0301. The van der Waals surface area contributed by atoms with Gasteiger partial charge in [0.25, 0.3) is 0 Å². The molecule has 1 aromatic rings. The normalized spacial score (nSPS) is 19.1. The molecule has 0 aliphatic heterocycles. The average Bonchev–Trinajstić information content (AvgIpc) is 3.24. The number of ether oxygens (including phenoxy) is 6. The van der Waals surface area contributed by atoms with Crippen LogP contribution in [0.2, 0.25) is 0 Å². The molecule has 0 spiro atoms. The Morgan fingerprint density at radius 3 is 1.36 bits per heavy atom. The smallest absolute Gasteiger partial charge is 0.338 e. The molecule has 0 radical (unpaired) electrons. The lowest BCUT2D eigenvalue weighted by Crippen LogP contribution is -2.33. The van der Waals surface area contributed by atoms with E-state index in [0.29, 0.717) is 51.1 Å². The predicted molar refractivity (Wildman–Crippen MR) is 227 cm³/mol. The fourth-order valence-corrected chi connectivity index (χ4v) is 7.69. The average molecular weight is 811 g/mol. The second-order valence-corrected chi connectivity index (χ2v) is 16.1. The van der Waals surface area contributed by atoms with Crippen LogP contribution in [0, 0.1) is 5.92 Å². The van der Waals surface area contributed by atoms with Crippen LogP contribution in [-0.2, 0) is 38.1 Å². The minimum atomic E-state index is -0.346. The highest BCUT2D eigenvalue weighted by Crippen LogP contribution is 2.31. The first-order valence-corrected chi connectivity index (χ1v) is 22.7. The number of esters is 4. The summed E-state index contributed by atoms with van der Waals surface area (Å²) in [6.07, 6.45) is 29.3. The third-order valence-corrected chi connectivity index (χ3v) is 11.3. The van der Waals surface area contributed by atoms with Gasteiger partial charge in [-0.15, -0.1) is 0 Å². The molecule has 2 fully saturated rings. The molecule has 2 saturated carbocycles. The third kappa shape index (κ3) is 22.5. The molecular weight excluding hydrogens is 737 g/mol. The standard InChI is InChI=1S/C48H74O10/c1-3-45(49)55-37-21-17-13-9-5-7-11-15-19-35-53-41-27-23-39(24-28-41)47(51)57-43-29-25-40(26-30-43)48(52)58-44-33-31-42(32-34-44)54-36-20-16-12-8-6-10-14-18-22-38-56-46(50)4-2/h3-4,23-24,27-28,40,42-44H,1-2,5-22,25-26,29-38H2. The SMILES string of the molecule is C=CC(=O)OCCCCCCCCCCCOc1ccc(C(=O)OC2CCC(C(=O)OC3CCC(OCCCCCCCCCCCOC(=O)C=C)CC3)CC2)cc1.